The van der Waals surface area contributed by atoms with Crippen molar-refractivity contribution in [1.29, 1.82) is 0 Å². The van der Waals surface area contributed by atoms with Gasteiger partial charge in [0, 0.05) is 35.4 Å². The molecule has 1 unspecified atom stereocenters. The molecule has 1 atom stereocenters. The number of ketones is 1. The number of ether oxygens (including phenoxy) is 3. The molecule has 2 heterocycles. The van der Waals surface area contributed by atoms with Gasteiger partial charge in [0.25, 0.3) is 0 Å². The average Bonchev–Trinajstić information content (AvgIpc) is 3.12. The van der Waals surface area contributed by atoms with Crippen LogP contribution in [-0.4, -0.2) is 19.7 Å². The number of nitrogens with one attached hydrogen (secondary N) is 1. The van der Waals surface area contributed by atoms with Crippen molar-refractivity contribution in [2.24, 2.45) is 0 Å². The predicted molar refractivity (Wildman–Crippen MR) is 96.9 cm³/mol. The van der Waals surface area contributed by atoms with E-state index in [0.29, 0.717) is 6.42 Å². The van der Waals surface area contributed by atoms with Crippen molar-refractivity contribution in [2.75, 3.05) is 19.2 Å². The first kappa shape index (κ1) is 15.3. The molecular formula is C21H19NO4. The summed E-state index contributed by atoms with van der Waals surface area (Å²) < 4.78 is 16.4. The Balaban J connectivity index is 1.70. The lowest BCUT2D eigenvalue weighted by Gasteiger charge is -2.34. The van der Waals surface area contributed by atoms with Crippen LogP contribution in [0.25, 0.3) is 0 Å². The van der Waals surface area contributed by atoms with Crippen LogP contribution in [0.2, 0.25) is 0 Å². The molecule has 1 aliphatic carbocycles. The van der Waals surface area contributed by atoms with E-state index in [0.717, 1.165) is 58.2 Å². The van der Waals surface area contributed by atoms with Crippen LogP contribution in [0.1, 0.15) is 36.3 Å². The van der Waals surface area contributed by atoms with Gasteiger partial charge in [0.05, 0.1) is 7.11 Å². The minimum absolute atomic E-state index is 0.102. The Kier molecular flexibility index (Phi) is 3.42. The van der Waals surface area contributed by atoms with E-state index in [9.17, 15) is 4.79 Å². The standard InChI is InChI=1S/C21H19NO4/c1-24-13-7-5-12(6-8-13)20-14-9-18-19(26-11-25-18)10-16(14)22-15-3-2-4-17(23)21(15)20/h5-10,20,22H,2-4,11H2,1H3. The van der Waals surface area contributed by atoms with Crippen LogP contribution in [0.4, 0.5) is 5.69 Å². The number of Topliss-reactive ketones (excluding diaryl/α,β-unsaturated/α-hetero) is 1. The van der Waals surface area contributed by atoms with Crippen molar-refractivity contribution >= 4 is 11.5 Å². The van der Waals surface area contributed by atoms with E-state index in [1.165, 1.54) is 0 Å². The van der Waals surface area contributed by atoms with Crippen LogP contribution >= 0.6 is 0 Å². The molecule has 0 saturated heterocycles. The van der Waals surface area contributed by atoms with Crippen LogP contribution in [0.5, 0.6) is 17.2 Å². The Bertz CT molecular complexity index is 930. The predicted octanol–water partition coefficient (Wildman–Crippen LogP) is 3.99. The first-order chi connectivity index (χ1) is 12.7. The number of hydrogen-bond donors (Lipinski definition) is 1. The van der Waals surface area contributed by atoms with E-state index in [2.05, 4.69) is 5.32 Å². The summed E-state index contributed by atoms with van der Waals surface area (Å²) in [6.45, 7) is 0.234. The van der Waals surface area contributed by atoms with Gasteiger partial charge in [0.2, 0.25) is 6.79 Å². The maximum absolute atomic E-state index is 12.8. The lowest BCUT2D eigenvalue weighted by molar-refractivity contribution is -0.116. The summed E-state index contributed by atoms with van der Waals surface area (Å²) in [6.07, 6.45) is 2.38. The summed E-state index contributed by atoms with van der Waals surface area (Å²) in [7, 11) is 1.65. The molecular weight excluding hydrogens is 330 g/mol. The second kappa shape index (κ2) is 5.80. The molecule has 26 heavy (non-hydrogen) atoms. The van der Waals surface area contributed by atoms with E-state index < -0.39 is 0 Å². The van der Waals surface area contributed by atoms with Crippen molar-refractivity contribution in [1.82, 2.24) is 0 Å². The molecule has 0 aromatic heterocycles. The molecule has 3 aliphatic rings. The molecule has 2 aliphatic heterocycles. The molecule has 0 amide bonds. The van der Waals surface area contributed by atoms with Gasteiger partial charge in [-0.25, -0.2) is 0 Å². The molecule has 5 rings (SSSR count). The number of benzene rings is 2. The summed E-state index contributed by atoms with van der Waals surface area (Å²) in [5.41, 5.74) is 5.04. The molecule has 5 heteroatoms. The molecule has 0 saturated carbocycles. The zero-order chi connectivity index (χ0) is 17.7. The molecule has 1 N–H and O–H groups in total. The molecule has 2 aromatic carbocycles. The van der Waals surface area contributed by atoms with Crippen LogP contribution in [0.3, 0.4) is 0 Å². The maximum atomic E-state index is 12.8. The number of methoxy groups -OCH3 is 1. The minimum atomic E-state index is -0.102. The van der Waals surface area contributed by atoms with Gasteiger partial charge in [-0.15, -0.1) is 0 Å². The van der Waals surface area contributed by atoms with Crippen molar-refractivity contribution in [2.45, 2.75) is 25.2 Å². The van der Waals surface area contributed by atoms with E-state index in [-0.39, 0.29) is 18.5 Å². The third kappa shape index (κ3) is 2.27. The van der Waals surface area contributed by atoms with Crippen molar-refractivity contribution < 1.29 is 19.0 Å². The highest BCUT2D eigenvalue weighted by atomic mass is 16.7. The Morgan fingerprint density at radius 1 is 1.08 bits per heavy atom. The molecule has 5 nitrogen and oxygen atoms in total. The molecule has 0 spiro atoms. The number of anilines is 1. The molecule has 2 aromatic rings. The third-order valence-electron chi connectivity index (χ3n) is 5.34. The largest absolute Gasteiger partial charge is 0.497 e. The van der Waals surface area contributed by atoms with Gasteiger partial charge in [-0.1, -0.05) is 12.1 Å². The van der Waals surface area contributed by atoms with Gasteiger partial charge in [-0.05, 0) is 42.2 Å². The van der Waals surface area contributed by atoms with Crippen LogP contribution in [0, 0.1) is 0 Å². The molecule has 0 fully saturated rings. The Morgan fingerprint density at radius 3 is 2.62 bits per heavy atom. The second-order valence-corrected chi connectivity index (χ2v) is 6.79. The van der Waals surface area contributed by atoms with E-state index in [4.69, 9.17) is 14.2 Å². The third-order valence-corrected chi connectivity index (χ3v) is 5.34. The highest BCUT2D eigenvalue weighted by molar-refractivity contribution is 6.01. The number of allylic oxidation sites excluding steroid dienone is 2. The lowest BCUT2D eigenvalue weighted by atomic mass is 9.75. The highest BCUT2D eigenvalue weighted by Crippen LogP contribution is 2.49. The van der Waals surface area contributed by atoms with Crippen LogP contribution in [-0.2, 0) is 4.79 Å². The fraction of sp³-hybridized carbons (Fsp3) is 0.286. The molecule has 0 radical (unpaired) electrons. The van der Waals surface area contributed by atoms with Gasteiger partial charge in [0.1, 0.15) is 5.75 Å². The van der Waals surface area contributed by atoms with Gasteiger partial charge in [-0.3, -0.25) is 4.79 Å². The van der Waals surface area contributed by atoms with E-state index >= 15 is 0 Å². The highest BCUT2D eigenvalue weighted by Gasteiger charge is 2.36. The Labute approximate surface area is 151 Å². The van der Waals surface area contributed by atoms with Crippen molar-refractivity contribution in [3.63, 3.8) is 0 Å². The number of carbonyl (C=O) groups excluding carboxylic acids is 1. The zero-order valence-corrected chi connectivity index (χ0v) is 14.5. The normalized spacial score (nSPS) is 20.3. The Hall–Kier alpha value is -2.95. The molecule has 132 valence electrons. The summed E-state index contributed by atoms with van der Waals surface area (Å²) in [6, 6.07) is 11.9. The summed E-state index contributed by atoms with van der Waals surface area (Å²) in [4.78, 5) is 12.8. The first-order valence-corrected chi connectivity index (χ1v) is 8.85. The van der Waals surface area contributed by atoms with E-state index in [1.807, 2.05) is 36.4 Å². The van der Waals surface area contributed by atoms with Gasteiger partial charge >= 0.3 is 0 Å². The zero-order valence-electron chi connectivity index (χ0n) is 14.5. The summed E-state index contributed by atoms with van der Waals surface area (Å²) in [5.74, 6) is 2.40. The first-order valence-electron chi connectivity index (χ1n) is 8.85. The monoisotopic (exact) mass is 349 g/mol. The Morgan fingerprint density at radius 2 is 1.85 bits per heavy atom. The lowest BCUT2D eigenvalue weighted by Crippen LogP contribution is -2.26. The fourth-order valence-electron chi connectivity index (χ4n) is 4.09. The number of rotatable bonds is 2. The van der Waals surface area contributed by atoms with Crippen molar-refractivity contribution in [3.05, 3.63) is 58.8 Å². The topological polar surface area (TPSA) is 56.8 Å². The number of hydrogen-bond acceptors (Lipinski definition) is 5. The van der Waals surface area contributed by atoms with Gasteiger partial charge < -0.3 is 19.5 Å². The SMILES string of the molecule is COc1ccc(C2C3=C(CCCC3=O)Nc3cc4c(cc32)OCO4)cc1. The number of fused-ring (bicyclic) bond motifs is 2. The van der Waals surface area contributed by atoms with Gasteiger partial charge in [-0.2, -0.15) is 0 Å². The summed E-state index contributed by atoms with van der Waals surface area (Å²) >= 11 is 0. The minimum Gasteiger partial charge on any atom is -0.497 e. The van der Waals surface area contributed by atoms with E-state index in [1.54, 1.807) is 7.11 Å². The van der Waals surface area contributed by atoms with Crippen LogP contribution in [0.15, 0.2) is 47.7 Å². The quantitative estimate of drug-likeness (QED) is 0.888. The summed E-state index contributed by atoms with van der Waals surface area (Å²) in [5, 5.41) is 3.48. The van der Waals surface area contributed by atoms with Crippen LogP contribution < -0.4 is 19.5 Å². The smallest absolute Gasteiger partial charge is 0.231 e. The molecule has 0 bridgehead atoms. The van der Waals surface area contributed by atoms with Gasteiger partial charge in [0.15, 0.2) is 17.3 Å². The number of carbonyl (C=O) groups is 1. The maximum Gasteiger partial charge on any atom is 0.231 e. The fourth-order valence-corrected chi connectivity index (χ4v) is 4.09. The second-order valence-electron chi connectivity index (χ2n) is 6.79. The average molecular weight is 349 g/mol. The van der Waals surface area contributed by atoms with Crippen molar-refractivity contribution in [3.8, 4) is 17.2 Å².